The van der Waals surface area contributed by atoms with E-state index in [-0.39, 0.29) is 13.2 Å². The van der Waals surface area contributed by atoms with E-state index in [4.69, 9.17) is 9.47 Å². The highest BCUT2D eigenvalue weighted by Gasteiger charge is 2.16. The Morgan fingerprint density at radius 1 is 1.23 bits per heavy atom. The van der Waals surface area contributed by atoms with Gasteiger partial charge in [-0.2, -0.15) is 0 Å². The Hall–Kier alpha value is -0.770. The Balaban J connectivity index is 2.30. The average Bonchev–Trinajstić information content (AvgIpc) is 2.29. The number of ether oxygens (including phenoxy) is 2. The van der Waals surface area contributed by atoms with Crippen molar-refractivity contribution in [2.45, 2.75) is 6.17 Å². The van der Waals surface area contributed by atoms with E-state index in [1.54, 1.807) is 12.1 Å². The Morgan fingerprint density at radius 3 is 2.69 bits per heavy atom. The minimum absolute atomic E-state index is 0.0590. The molecule has 0 N–H and O–H groups in total. The first-order valence-corrected chi connectivity index (χ1v) is 4.74. The molecule has 0 radical (unpaired) electrons. The first-order chi connectivity index (χ1) is 6.25. The quantitative estimate of drug-likeness (QED) is 0.701. The Bertz CT molecular complexity index is 316. The molecule has 0 aliphatic carbocycles. The zero-order valence-corrected chi connectivity index (χ0v) is 8.38. The fourth-order valence-electron chi connectivity index (χ4n) is 1.12. The van der Waals surface area contributed by atoms with E-state index in [1.165, 1.54) is 0 Å². The average molecular weight is 247 g/mol. The van der Waals surface area contributed by atoms with Crippen molar-refractivity contribution in [3.8, 4) is 11.5 Å². The maximum atomic E-state index is 12.8. The third kappa shape index (κ3) is 1.94. The number of halogens is 2. The number of fused-ring (bicyclic) bond motifs is 1. The molecule has 1 aromatic carbocycles. The molecule has 1 aromatic rings. The van der Waals surface area contributed by atoms with Gasteiger partial charge in [0.2, 0.25) is 0 Å². The highest BCUT2D eigenvalue weighted by molar-refractivity contribution is 9.10. The number of alkyl halides is 1. The lowest BCUT2D eigenvalue weighted by Crippen LogP contribution is -2.17. The smallest absolute Gasteiger partial charge is 0.168 e. The lowest BCUT2D eigenvalue weighted by molar-refractivity contribution is 0.162. The fraction of sp³-hybridized carbons (Fsp3) is 0.333. The van der Waals surface area contributed by atoms with Gasteiger partial charge in [-0.05, 0) is 18.2 Å². The van der Waals surface area contributed by atoms with Crippen LogP contribution in [0.1, 0.15) is 0 Å². The summed E-state index contributed by atoms with van der Waals surface area (Å²) in [6.45, 7) is 0.123. The van der Waals surface area contributed by atoms with Gasteiger partial charge in [0.15, 0.2) is 17.7 Å². The Kier molecular flexibility index (Phi) is 2.40. The zero-order chi connectivity index (χ0) is 9.26. The number of rotatable bonds is 0. The van der Waals surface area contributed by atoms with Crippen LogP contribution in [-0.2, 0) is 0 Å². The van der Waals surface area contributed by atoms with Crippen molar-refractivity contribution in [3.63, 3.8) is 0 Å². The molecule has 0 saturated heterocycles. The predicted octanol–water partition coefficient (Wildman–Crippen LogP) is 2.56. The standard InChI is InChI=1S/C9H8BrFO2/c10-6-1-2-8-9(3-6)13-5-7(11)4-12-8/h1-3,7H,4-5H2/t7-/m0/s1. The largest absolute Gasteiger partial charge is 0.487 e. The van der Waals surface area contributed by atoms with Gasteiger partial charge in [-0.15, -0.1) is 0 Å². The fourth-order valence-corrected chi connectivity index (χ4v) is 1.46. The molecule has 0 spiro atoms. The van der Waals surface area contributed by atoms with Crippen LogP contribution in [0.2, 0.25) is 0 Å². The second-order valence-electron chi connectivity index (χ2n) is 2.81. The van der Waals surface area contributed by atoms with Gasteiger partial charge < -0.3 is 9.47 Å². The molecule has 0 saturated carbocycles. The second-order valence-corrected chi connectivity index (χ2v) is 3.73. The summed E-state index contributed by atoms with van der Waals surface area (Å²) in [5.41, 5.74) is 0. The molecule has 0 aromatic heterocycles. The van der Waals surface area contributed by atoms with E-state index in [2.05, 4.69) is 15.9 Å². The first kappa shape index (κ1) is 8.81. The SMILES string of the molecule is F[C@H]1COc2ccc(Br)cc2OC1. The molecule has 0 unspecified atom stereocenters. The third-order valence-electron chi connectivity index (χ3n) is 1.75. The van der Waals surface area contributed by atoms with Gasteiger partial charge in [0, 0.05) is 4.47 Å². The summed E-state index contributed by atoms with van der Waals surface area (Å²) in [6, 6.07) is 5.37. The van der Waals surface area contributed by atoms with Crippen LogP contribution in [-0.4, -0.2) is 19.4 Å². The molecular formula is C9H8BrFO2. The molecule has 2 rings (SSSR count). The minimum atomic E-state index is -1.05. The number of hydrogen-bond donors (Lipinski definition) is 0. The van der Waals surface area contributed by atoms with E-state index in [0.29, 0.717) is 11.5 Å². The van der Waals surface area contributed by atoms with Gasteiger partial charge in [0.1, 0.15) is 13.2 Å². The topological polar surface area (TPSA) is 18.5 Å². The van der Waals surface area contributed by atoms with Crippen LogP contribution in [0.5, 0.6) is 11.5 Å². The Morgan fingerprint density at radius 2 is 1.92 bits per heavy atom. The molecule has 70 valence electrons. The van der Waals surface area contributed by atoms with Crippen molar-refractivity contribution < 1.29 is 13.9 Å². The predicted molar refractivity (Wildman–Crippen MR) is 50.0 cm³/mol. The summed E-state index contributed by atoms with van der Waals surface area (Å²) in [6.07, 6.45) is -1.05. The van der Waals surface area contributed by atoms with Crippen LogP contribution in [0.4, 0.5) is 4.39 Å². The van der Waals surface area contributed by atoms with Crippen LogP contribution in [0.3, 0.4) is 0 Å². The minimum Gasteiger partial charge on any atom is -0.487 e. The van der Waals surface area contributed by atoms with Crippen LogP contribution in [0, 0.1) is 0 Å². The highest BCUT2D eigenvalue weighted by Crippen LogP contribution is 2.32. The monoisotopic (exact) mass is 246 g/mol. The maximum Gasteiger partial charge on any atom is 0.168 e. The van der Waals surface area contributed by atoms with Crippen molar-refractivity contribution in [2.75, 3.05) is 13.2 Å². The summed E-state index contributed by atoms with van der Waals surface area (Å²) in [5, 5.41) is 0. The summed E-state index contributed by atoms with van der Waals surface area (Å²) in [5.74, 6) is 1.19. The maximum absolute atomic E-state index is 12.8. The van der Waals surface area contributed by atoms with Crippen LogP contribution < -0.4 is 9.47 Å². The van der Waals surface area contributed by atoms with Crippen molar-refractivity contribution in [3.05, 3.63) is 22.7 Å². The molecule has 1 aliphatic rings. The molecule has 4 heteroatoms. The number of hydrogen-bond acceptors (Lipinski definition) is 2. The van der Waals surface area contributed by atoms with Crippen LogP contribution in [0.15, 0.2) is 22.7 Å². The normalized spacial score (nSPS) is 20.9. The molecule has 1 aliphatic heterocycles. The Labute approximate surface area is 83.8 Å². The van der Waals surface area contributed by atoms with Crippen molar-refractivity contribution >= 4 is 15.9 Å². The summed E-state index contributed by atoms with van der Waals surface area (Å²) in [7, 11) is 0. The first-order valence-electron chi connectivity index (χ1n) is 3.95. The van der Waals surface area contributed by atoms with Gasteiger partial charge in [-0.1, -0.05) is 15.9 Å². The molecule has 0 fully saturated rings. The lowest BCUT2D eigenvalue weighted by atomic mass is 10.3. The van der Waals surface area contributed by atoms with Gasteiger partial charge in [0.25, 0.3) is 0 Å². The van der Waals surface area contributed by atoms with Gasteiger partial charge in [-0.25, -0.2) is 4.39 Å². The van der Waals surface area contributed by atoms with E-state index >= 15 is 0 Å². The van der Waals surface area contributed by atoms with Gasteiger partial charge >= 0.3 is 0 Å². The van der Waals surface area contributed by atoms with Crippen molar-refractivity contribution in [1.29, 1.82) is 0 Å². The molecule has 13 heavy (non-hydrogen) atoms. The van der Waals surface area contributed by atoms with Crippen molar-refractivity contribution in [1.82, 2.24) is 0 Å². The summed E-state index contributed by atoms with van der Waals surface area (Å²) < 4.78 is 24.1. The van der Waals surface area contributed by atoms with Crippen molar-refractivity contribution in [2.24, 2.45) is 0 Å². The van der Waals surface area contributed by atoms with E-state index < -0.39 is 6.17 Å². The van der Waals surface area contributed by atoms with Crippen LogP contribution in [0.25, 0.3) is 0 Å². The molecule has 1 atom stereocenters. The third-order valence-corrected chi connectivity index (χ3v) is 2.24. The second kappa shape index (κ2) is 3.54. The van der Waals surface area contributed by atoms with E-state index in [9.17, 15) is 4.39 Å². The molecular weight excluding hydrogens is 239 g/mol. The van der Waals surface area contributed by atoms with Gasteiger partial charge in [0.05, 0.1) is 0 Å². The number of benzene rings is 1. The molecule has 1 heterocycles. The lowest BCUT2D eigenvalue weighted by Gasteiger charge is -2.05. The summed E-state index contributed by atoms with van der Waals surface area (Å²) in [4.78, 5) is 0. The molecule has 0 bridgehead atoms. The van der Waals surface area contributed by atoms with E-state index in [0.717, 1.165) is 4.47 Å². The van der Waals surface area contributed by atoms with Gasteiger partial charge in [-0.3, -0.25) is 0 Å². The zero-order valence-electron chi connectivity index (χ0n) is 6.80. The highest BCUT2D eigenvalue weighted by atomic mass is 79.9. The molecule has 2 nitrogen and oxygen atoms in total. The van der Waals surface area contributed by atoms with E-state index in [1.807, 2.05) is 6.07 Å². The van der Waals surface area contributed by atoms with Crippen LogP contribution >= 0.6 is 15.9 Å². The summed E-state index contributed by atoms with van der Waals surface area (Å²) >= 11 is 3.30. The molecule has 0 amide bonds.